The van der Waals surface area contributed by atoms with Gasteiger partial charge in [-0.3, -0.25) is 4.90 Å². The van der Waals surface area contributed by atoms with Crippen LogP contribution >= 0.6 is 0 Å². The van der Waals surface area contributed by atoms with Crippen molar-refractivity contribution in [1.29, 1.82) is 0 Å². The standard InChI is InChI=1S/C15H24N4O/c1-17-7-5-6-12(17)11-10-16-15(20-4)14-13(11)18(2)8-9-19(14)3/h10,12H,5-9H2,1-4H3/t12-/m0/s1. The normalized spacial score (nSPS) is 23.1. The van der Waals surface area contributed by atoms with Gasteiger partial charge in [0.15, 0.2) is 0 Å². The third-order valence-corrected chi connectivity index (χ3v) is 4.63. The molecular formula is C15H24N4O. The molecule has 2 aliphatic rings. The average Bonchev–Trinajstić information content (AvgIpc) is 2.87. The Kier molecular flexibility index (Phi) is 3.46. The first-order chi connectivity index (χ1) is 9.63. The number of fused-ring (bicyclic) bond motifs is 1. The van der Waals surface area contributed by atoms with E-state index in [1.807, 2.05) is 6.20 Å². The molecule has 0 N–H and O–H groups in total. The van der Waals surface area contributed by atoms with Gasteiger partial charge >= 0.3 is 0 Å². The molecule has 0 spiro atoms. The predicted octanol–water partition coefficient (Wildman–Crippen LogP) is 1.74. The van der Waals surface area contributed by atoms with Crippen LogP contribution in [0.5, 0.6) is 5.88 Å². The number of pyridine rings is 1. The summed E-state index contributed by atoms with van der Waals surface area (Å²) in [5.74, 6) is 0.735. The Morgan fingerprint density at radius 3 is 2.40 bits per heavy atom. The van der Waals surface area contributed by atoms with Gasteiger partial charge in [-0.1, -0.05) is 0 Å². The van der Waals surface area contributed by atoms with Gasteiger partial charge in [0.2, 0.25) is 5.88 Å². The maximum atomic E-state index is 5.48. The Morgan fingerprint density at radius 1 is 1.10 bits per heavy atom. The van der Waals surface area contributed by atoms with Crippen molar-refractivity contribution in [3.05, 3.63) is 11.8 Å². The van der Waals surface area contributed by atoms with E-state index in [0.717, 1.165) is 24.7 Å². The zero-order chi connectivity index (χ0) is 14.3. The largest absolute Gasteiger partial charge is 0.479 e. The minimum atomic E-state index is 0.483. The molecule has 0 amide bonds. The van der Waals surface area contributed by atoms with Gasteiger partial charge in [0, 0.05) is 45.0 Å². The highest BCUT2D eigenvalue weighted by Gasteiger charge is 2.32. The summed E-state index contributed by atoms with van der Waals surface area (Å²) in [5, 5.41) is 0. The highest BCUT2D eigenvalue weighted by atomic mass is 16.5. The number of rotatable bonds is 2. The van der Waals surface area contributed by atoms with Gasteiger partial charge in [-0.15, -0.1) is 0 Å². The number of anilines is 2. The maximum absolute atomic E-state index is 5.48. The minimum Gasteiger partial charge on any atom is -0.479 e. The van der Waals surface area contributed by atoms with Crippen molar-refractivity contribution in [2.45, 2.75) is 18.9 Å². The molecule has 5 heteroatoms. The molecule has 0 radical (unpaired) electrons. The van der Waals surface area contributed by atoms with Crippen LogP contribution in [0.3, 0.4) is 0 Å². The second kappa shape index (κ2) is 5.13. The van der Waals surface area contributed by atoms with Crippen LogP contribution in [-0.4, -0.2) is 57.8 Å². The van der Waals surface area contributed by atoms with Crippen LogP contribution in [0.1, 0.15) is 24.4 Å². The lowest BCUT2D eigenvalue weighted by Gasteiger charge is -2.38. The molecule has 1 aromatic rings. The third kappa shape index (κ3) is 2.00. The molecule has 1 aromatic heterocycles. The molecule has 1 atom stereocenters. The second-order valence-corrected chi connectivity index (χ2v) is 5.90. The highest BCUT2D eigenvalue weighted by Crippen LogP contribution is 2.45. The van der Waals surface area contributed by atoms with E-state index in [9.17, 15) is 0 Å². The Labute approximate surface area is 121 Å². The summed E-state index contributed by atoms with van der Waals surface area (Å²) in [7, 11) is 8.20. The first-order valence-corrected chi connectivity index (χ1v) is 7.33. The Bertz CT molecular complexity index is 505. The van der Waals surface area contributed by atoms with Gasteiger partial charge in [-0.25, -0.2) is 4.98 Å². The number of methoxy groups -OCH3 is 1. The summed E-state index contributed by atoms with van der Waals surface area (Å²) in [4.78, 5) is 11.6. The van der Waals surface area contributed by atoms with E-state index in [4.69, 9.17) is 4.74 Å². The van der Waals surface area contributed by atoms with Gasteiger partial charge in [0.05, 0.1) is 12.8 Å². The Hall–Kier alpha value is -1.49. The zero-order valence-electron chi connectivity index (χ0n) is 12.9. The summed E-state index contributed by atoms with van der Waals surface area (Å²) >= 11 is 0. The minimum absolute atomic E-state index is 0.483. The molecule has 0 aliphatic carbocycles. The Balaban J connectivity index is 2.14. The van der Waals surface area contributed by atoms with Crippen LogP contribution in [0.25, 0.3) is 0 Å². The molecule has 5 nitrogen and oxygen atoms in total. The van der Waals surface area contributed by atoms with Crippen molar-refractivity contribution in [3.8, 4) is 5.88 Å². The molecule has 0 aromatic carbocycles. The van der Waals surface area contributed by atoms with Crippen LogP contribution in [-0.2, 0) is 0 Å². The lowest BCUT2D eigenvalue weighted by Crippen LogP contribution is -2.38. The summed E-state index contributed by atoms with van der Waals surface area (Å²) in [6.45, 7) is 3.22. The molecule has 0 bridgehead atoms. The molecule has 2 aliphatic heterocycles. The van der Waals surface area contributed by atoms with Gasteiger partial charge in [0.25, 0.3) is 0 Å². The summed E-state index contributed by atoms with van der Waals surface area (Å²) < 4.78 is 5.48. The molecule has 1 saturated heterocycles. The van der Waals surface area contributed by atoms with E-state index >= 15 is 0 Å². The number of likely N-dealkylation sites (tertiary alicyclic amines) is 1. The molecular weight excluding hydrogens is 252 g/mol. The number of aromatic nitrogens is 1. The quantitative estimate of drug-likeness (QED) is 0.821. The van der Waals surface area contributed by atoms with E-state index in [2.05, 4.69) is 40.8 Å². The van der Waals surface area contributed by atoms with Crippen molar-refractivity contribution in [2.24, 2.45) is 0 Å². The molecule has 3 heterocycles. The molecule has 110 valence electrons. The monoisotopic (exact) mass is 276 g/mol. The summed E-state index contributed by atoms with van der Waals surface area (Å²) in [6.07, 6.45) is 4.50. The number of hydrogen-bond acceptors (Lipinski definition) is 5. The first-order valence-electron chi connectivity index (χ1n) is 7.33. The molecule has 3 rings (SSSR count). The molecule has 1 fully saturated rings. The van der Waals surface area contributed by atoms with E-state index in [1.54, 1.807) is 7.11 Å². The van der Waals surface area contributed by atoms with Gasteiger partial charge in [-0.05, 0) is 26.4 Å². The predicted molar refractivity (Wildman–Crippen MR) is 81.9 cm³/mol. The van der Waals surface area contributed by atoms with Crippen LogP contribution in [0.2, 0.25) is 0 Å². The SMILES string of the molecule is COc1ncc([C@@H]2CCCN2C)c2c1N(C)CCN2C. The zero-order valence-corrected chi connectivity index (χ0v) is 12.9. The molecule has 20 heavy (non-hydrogen) atoms. The van der Waals surface area contributed by atoms with Gasteiger partial charge in [0.1, 0.15) is 5.69 Å². The van der Waals surface area contributed by atoms with Crippen molar-refractivity contribution < 1.29 is 4.74 Å². The number of hydrogen-bond donors (Lipinski definition) is 0. The fraction of sp³-hybridized carbons (Fsp3) is 0.667. The van der Waals surface area contributed by atoms with E-state index in [0.29, 0.717) is 6.04 Å². The van der Waals surface area contributed by atoms with Gasteiger partial charge in [-0.2, -0.15) is 0 Å². The lowest BCUT2D eigenvalue weighted by atomic mass is 10.0. The highest BCUT2D eigenvalue weighted by molar-refractivity contribution is 5.80. The molecule has 0 saturated carbocycles. The first kappa shape index (κ1) is 13.5. The van der Waals surface area contributed by atoms with Crippen molar-refractivity contribution in [2.75, 3.05) is 57.7 Å². The van der Waals surface area contributed by atoms with E-state index in [-0.39, 0.29) is 0 Å². The van der Waals surface area contributed by atoms with E-state index in [1.165, 1.54) is 30.6 Å². The second-order valence-electron chi connectivity index (χ2n) is 5.90. The number of likely N-dealkylation sites (N-methyl/N-ethyl adjacent to an activating group) is 2. The van der Waals surface area contributed by atoms with Crippen LogP contribution in [0.15, 0.2) is 6.20 Å². The Morgan fingerprint density at radius 2 is 1.80 bits per heavy atom. The number of ether oxygens (including phenoxy) is 1. The van der Waals surface area contributed by atoms with Crippen molar-refractivity contribution >= 4 is 11.4 Å². The topological polar surface area (TPSA) is 31.8 Å². The van der Waals surface area contributed by atoms with Crippen molar-refractivity contribution in [1.82, 2.24) is 9.88 Å². The summed E-state index contributed by atoms with van der Waals surface area (Å²) in [5.41, 5.74) is 3.78. The van der Waals surface area contributed by atoms with Crippen LogP contribution < -0.4 is 14.5 Å². The van der Waals surface area contributed by atoms with Crippen LogP contribution in [0.4, 0.5) is 11.4 Å². The summed E-state index contributed by atoms with van der Waals surface area (Å²) in [6, 6.07) is 0.483. The van der Waals surface area contributed by atoms with Crippen molar-refractivity contribution in [3.63, 3.8) is 0 Å². The fourth-order valence-electron chi connectivity index (χ4n) is 3.45. The lowest BCUT2D eigenvalue weighted by molar-refractivity contribution is 0.316. The average molecular weight is 276 g/mol. The smallest absolute Gasteiger partial charge is 0.239 e. The maximum Gasteiger partial charge on any atom is 0.239 e. The third-order valence-electron chi connectivity index (χ3n) is 4.63. The fourth-order valence-corrected chi connectivity index (χ4v) is 3.45. The van der Waals surface area contributed by atoms with E-state index < -0.39 is 0 Å². The molecule has 0 unspecified atom stereocenters. The van der Waals surface area contributed by atoms with Crippen LogP contribution in [0, 0.1) is 0 Å². The van der Waals surface area contributed by atoms with Gasteiger partial charge < -0.3 is 14.5 Å². The number of nitrogens with zero attached hydrogens (tertiary/aromatic N) is 4.